The molecule has 0 bridgehead atoms. The van der Waals surface area contributed by atoms with Crippen molar-refractivity contribution >= 4 is 66.7 Å². The zero-order valence-corrected chi connectivity index (χ0v) is 16.6. The number of rotatable bonds is 2. The second-order valence-electron chi connectivity index (χ2n) is 3.39. The van der Waals surface area contributed by atoms with Crippen LogP contribution in [0.1, 0.15) is 12.6 Å². The van der Waals surface area contributed by atoms with Crippen LogP contribution in [0.25, 0.3) is 0 Å². The molecule has 9 heteroatoms. The molecule has 0 unspecified atom stereocenters. The van der Waals surface area contributed by atoms with E-state index in [1.807, 2.05) is 39.2 Å². The van der Waals surface area contributed by atoms with Crippen LogP contribution >= 0.6 is 26.8 Å². The fourth-order valence-corrected chi connectivity index (χ4v) is 0.876. The number of hydrogen-bond acceptors (Lipinski definition) is 4. The van der Waals surface area contributed by atoms with Gasteiger partial charge in [-0.3, -0.25) is 4.98 Å². The maximum absolute atomic E-state index is 5.00. The van der Waals surface area contributed by atoms with E-state index in [0.29, 0.717) is 5.17 Å². The second-order valence-corrected chi connectivity index (χ2v) is 16.5. The predicted molar refractivity (Wildman–Crippen MR) is 88.2 cm³/mol. The van der Waals surface area contributed by atoms with Crippen LogP contribution in [0.2, 0.25) is 0 Å². The van der Waals surface area contributed by atoms with Crippen molar-refractivity contribution in [2.24, 2.45) is 10.2 Å². The van der Waals surface area contributed by atoms with Crippen molar-refractivity contribution in [2.45, 2.75) is 6.92 Å². The summed E-state index contributed by atoms with van der Waals surface area (Å²) in [5.74, 6) is 0. The molecule has 19 heavy (non-hydrogen) atoms. The second kappa shape index (κ2) is 10.9. The van der Waals surface area contributed by atoms with Crippen molar-refractivity contribution in [3.8, 4) is 0 Å². The molecule has 0 aliphatic rings. The van der Waals surface area contributed by atoms with Gasteiger partial charge in [0.1, 0.15) is 0 Å². The molecule has 1 aromatic rings. The Bertz CT molecular complexity index is 423. The molecule has 104 valence electrons. The Morgan fingerprint density at radius 3 is 2.26 bits per heavy atom. The minimum atomic E-state index is -2.13. The van der Waals surface area contributed by atoms with Gasteiger partial charge >= 0.3 is 43.1 Å². The Labute approximate surface area is 137 Å². The number of pyridine rings is 1. The van der Waals surface area contributed by atoms with Crippen molar-refractivity contribution in [2.75, 3.05) is 14.1 Å². The van der Waals surface area contributed by atoms with Gasteiger partial charge in [-0.05, 0) is 19.1 Å². The summed E-state index contributed by atoms with van der Waals surface area (Å²) < 4.78 is 0. The predicted octanol–water partition coefficient (Wildman–Crippen LogP) is 2.96. The van der Waals surface area contributed by atoms with E-state index in [1.54, 1.807) is 11.1 Å². The van der Waals surface area contributed by atoms with Crippen molar-refractivity contribution < 1.29 is 0 Å². The van der Waals surface area contributed by atoms with Crippen LogP contribution in [0.15, 0.2) is 34.6 Å². The summed E-state index contributed by atoms with van der Waals surface area (Å²) in [5.41, 5.74) is 1.56. The number of nitrogens with zero attached hydrogens (tertiary/aromatic N) is 4. The molecule has 0 saturated heterocycles. The molecular weight excluding hydrogens is 433 g/mol. The van der Waals surface area contributed by atoms with E-state index in [4.69, 9.17) is 39.4 Å². The fraction of sp³-hybridized carbons (Fsp3) is 0.300. The summed E-state index contributed by atoms with van der Waals surface area (Å²) in [5, 5.41) is 8.37. The Morgan fingerprint density at radius 1 is 1.26 bits per heavy atom. The van der Waals surface area contributed by atoms with Crippen LogP contribution in [0.5, 0.6) is 0 Å². The van der Waals surface area contributed by atoms with Gasteiger partial charge in [0.2, 0.25) is 0 Å². The summed E-state index contributed by atoms with van der Waals surface area (Å²) in [7, 11) is 18.7. The Kier molecular flexibility index (Phi) is 11.0. The zero-order chi connectivity index (χ0) is 14.8. The van der Waals surface area contributed by atoms with E-state index in [0.717, 1.165) is 11.4 Å². The van der Waals surface area contributed by atoms with Crippen LogP contribution in [0, 0.1) is 0 Å². The van der Waals surface area contributed by atoms with Gasteiger partial charge in [0.15, 0.2) is 0 Å². The van der Waals surface area contributed by atoms with Crippen LogP contribution < -0.4 is 0 Å². The third-order valence-corrected chi connectivity index (χ3v) is 2.15. The molecule has 0 aromatic carbocycles. The molecule has 0 radical (unpaired) electrons. The first-order chi connectivity index (χ1) is 8.84. The molecule has 1 aromatic heterocycles. The minimum absolute atomic E-state index is 0.449. The van der Waals surface area contributed by atoms with Crippen molar-refractivity contribution in [3.05, 3.63) is 30.1 Å². The summed E-state index contributed by atoms with van der Waals surface area (Å²) >= 11 is 2.85. The first kappa shape index (κ1) is 19.2. The Morgan fingerprint density at radius 2 is 1.84 bits per heavy atom. The number of hydrogen-bond donors (Lipinski definition) is 0. The Balaban J connectivity index is 0.000000711. The number of amidine groups is 1. The van der Waals surface area contributed by atoms with Crippen molar-refractivity contribution in [1.29, 1.82) is 0 Å². The SMILES string of the molecule is C/C(=N\N=C(/[S-])N(C)C)c1ccccn1.[Cl][Sn+]([Cl])[Cl]. The van der Waals surface area contributed by atoms with E-state index in [2.05, 4.69) is 15.2 Å². The summed E-state index contributed by atoms with van der Waals surface area (Å²) in [6, 6.07) is 5.65. The van der Waals surface area contributed by atoms with Gasteiger partial charge in [-0.15, -0.1) is 0 Å². The van der Waals surface area contributed by atoms with Gasteiger partial charge in [-0.1, -0.05) is 6.07 Å². The van der Waals surface area contributed by atoms with E-state index in [9.17, 15) is 0 Å². The third kappa shape index (κ3) is 10.6. The standard InChI is InChI=1S/C10H14N4S.3ClH.Sn/c1-8(9-6-4-5-7-11-9)12-13-10(15)14(2)3;;;;/h4-7H,1-3H3,(H,13,15);3*1H;/q;;;;+4/p-4/b12-8+;;;;. The van der Waals surface area contributed by atoms with Gasteiger partial charge in [0.25, 0.3) is 0 Å². The molecule has 0 aliphatic heterocycles. The van der Waals surface area contributed by atoms with E-state index < -0.39 is 16.4 Å². The van der Waals surface area contributed by atoms with E-state index in [1.165, 1.54) is 0 Å². The van der Waals surface area contributed by atoms with Crippen LogP contribution in [0.3, 0.4) is 0 Å². The molecule has 1 rings (SSSR count). The summed E-state index contributed by atoms with van der Waals surface area (Å²) in [6.45, 7) is 1.85. The fourth-order valence-electron chi connectivity index (χ4n) is 0.835. The Hall–Kier alpha value is 0.179. The average molecular weight is 446 g/mol. The molecule has 0 amide bonds. The summed E-state index contributed by atoms with van der Waals surface area (Å²) in [6.07, 6.45) is 1.72. The quantitative estimate of drug-likeness (QED) is 0.231. The van der Waals surface area contributed by atoms with Gasteiger partial charge in [0.05, 0.1) is 11.4 Å². The van der Waals surface area contributed by atoms with E-state index >= 15 is 0 Å². The first-order valence-corrected chi connectivity index (χ1v) is 16.3. The van der Waals surface area contributed by atoms with E-state index in [-0.39, 0.29) is 0 Å². The molecule has 0 aliphatic carbocycles. The molecular formula is C10H13Cl3N4SSn. The normalized spacial score (nSPS) is 11.5. The molecule has 0 N–H and O–H groups in total. The summed E-state index contributed by atoms with van der Waals surface area (Å²) in [4.78, 5) is 5.88. The first-order valence-electron chi connectivity index (χ1n) is 5.06. The van der Waals surface area contributed by atoms with Gasteiger partial charge in [0, 0.05) is 25.5 Å². The monoisotopic (exact) mass is 446 g/mol. The van der Waals surface area contributed by atoms with Gasteiger partial charge in [-0.2, -0.15) is 10.2 Å². The van der Waals surface area contributed by atoms with Crippen molar-refractivity contribution in [3.63, 3.8) is 0 Å². The number of halogens is 3. The van der Waals surface area contributed by atoms with Crippen LogP contribution in [0.4, 0.5) is 0 Å². The topological polar surface area (TPSA) is 40.9 Å². The molecule has 4 nitrogen and oxygen atoms in total. The van der Waals surface area contributed by atoms with Crippen LogP contribution in [-0.2, 0) is 12.6 Å². The van der Waals surface area contributed by atoms with Crippen molar-refractivity contribution in [1.82, 2.24) is 9.88 Å². The van der Waals surface area contributed by atoms with Gasteiger partial charge in [-0.25, -0.2) is 0 Å². The number of aromatic nitrogens is 1. The van der Waals surface area contributed by atoms with Crippen LogP contribution in [-0.4, -0.2) is 51.2 Å². The molecule has 1 heterocycles. The third-order valence-electron chi connectivity index (χ3n) is 1.70. The molecule has 0 atom stereocenters. The van der Waals surface area contributed by atoms with Gasteiger partial charge < -0.3 is 17.5 Å². The molecule has 0 saturated carbocycles. The molecule has 0 fully saturated rings. The maximum atomic E-state index is 5.00. The molecule has 0 spiro atoms. The zero-order valence-electron chi connectivity index (χ0n) is 10.6. The average Bonchev–Trinajstić information content (AvgIpc) is 2.35.